The molecule has 0 spiro atoms. The van der Waals surface area contributed by atoms with Crippen molar-refractivity contribution in [2.24, 2.45) is 0 Å². The SMILES string of the molecule is Cc1cc(C)c2c(-n3cccc3)c(C(=O)OCC(=O)N3CCN(c4ccccc4F)CC3)sc2n1. The number of halogens is 1. The Bertz CT molecular complexity index is 1390. The molecule has 4 heterocycles. The van der Waals surface area contributed by atoms with Crippen LogP contribution in [0.25, 0.3) is 15.9 Å². The van der Waals surface area contributed by atoms with Crippen LogP contribution in [-0.4, -0.2) is 59.1 Å². The van der Waals surface area contributed by atoms with Crippen LogP contribution in [0.3, 0.4) is 0 Å². The lowest BCUT2D eigenvalue weighted by Gasteiger charge is -2.36. The van der Waals surface area contributed by atoms with Gasteiger partial charge in [0.1, 0.15) is 15.5 Å². The summed E-state index contributed by atoms with van der Waals surface area (Å²) >= 11 is 1.27. The number of thiophene rings is 1. The number of esters is 1. The first-order chi connectivity index (χ1) is 16.9. The number of carbonyl (C=O) groups excluding carboxylic acids is 2. The number of piperazine rings is 1. The summed E-state index contributed by atoms with van der Waals surface area (Å²) < 4.78 is 21.4. The van der Waals surface area contributed by atoms with Gasteiger partial charge < -0.3 is 19.1 Å². The minimum Gasteiger partial charge on any atom is -0.451 e. The van der Waals surface area contributed by atoms with Crippen molar-refractivity contribution in [2.45, 2.75) is 13.8 Å². The van der Waals surface area contributed by atoms with Gasteiger partial charge in [0.05, 0.1) is 11.4 Å². The van der Waals surface area contributed by atoms with E-state index in [-0.39, 0.29) is 18.3 Å². The zero-order valence-corrected chi connectivity index (χ0v) is 20.3. The number of benzene rings is 1. The highest BCUT2D eigenvalue weighted by atomic mass is 32.1. The van der Waals surface area contributed by atoms with Crippen LogP contribution in [0.2, 0.25) is 0 Å². The largest absolute Gasteiger partial charge is 0.451 e. The number of fused-ring (bicyclic) bond motifs is 1. The van der Waals surface area contributed by atoms with E-state index in [4.69, 9.17) is 4.74 Å². The van der Waals surface area contributed by atoms with Gasteiger partial charge >= 0.3 is 5.97 Å². The first-order valence-electron chi connectivity index (χ1n) is 11.4. The Morgan fingerprint density at radius 1 is 1.06 bits per heavy atom. The summed E-state index contributed by atoms with van der Waals surface area (Å²) in [5.74, 6) is -1.09. The Morgan fingerprint density at radius 2 is 1.77 bits per heavy atom. The van der Waals surface area contributed by atoms with Crippen LogP contribution in [0.4, 0.5) is 10.1 Å². The summed E-state index contributed by atoms with van der Waals surface area (Å²) in [6.45, 7) is 5.47. The molecule has 1 aliphatic rings. The van der Waals surface area contributed by atoms with Crippen LogP contribution in [0.1, 0.15) is 20.9 Å². The Labute approximate surface area is 206 Å². The lowest BCUT2D eigenvalue weighted by atomic mass is 10.1. The molecular weight excluding hydrogens is 467 g/mol. The third-order valence-electron chi connectivity index (χ3n) is 6.16. The van der Waals surface area contributed by atoms with E-state index in [1.807, 2.05) is 53.9 Å². The number of anilines is 1. The van der Waals surface area contributed by atoms with Crippen LogP contribution >= 0.6 is 11.3 Å². The molecule has 1 aromatic carbocycles. The van der Waals surface area contributed by atoms with Crippen molar-refractivity contribution >= 4 is 39.1 Å². The maximum absolute atomic E-state index is 14.1. The number of amides is 1. The lowest BCUT2D eigenvalue weighted by molar-refractivity contribution is -0.134. The van der Waals surface area contributed by atoms with Gasteiger partial charge in [0.2, 0.25) is 0 Å². The summed E-state index contributed by atoms with van der Waals surface area (Å²) in [6.07, 6.45) is 3.75. The monoisotopic (exact) mass is 492 g/mol. The molecule has 1 saturated heterocycles. The summed E-state index contributed by atoms with van der Waals surface area (Å²) in [5.41, 5.74) is 3.15. The van der Waals surface area contributed by atoms with Crippen molar-refractivity contribution in [1.29, 1.82) is 0 Å². The summed E-state index contributed by atoms with van der Waals surface area (Å²) in [4.78, 5) is 35.2. The Hall–Kier alpha value is -3.72. The fraction of sp³-hybridized carbons (Fsp3) is 0.269. The minimum absolute atomic E-state index is 0.264. The number of hydrogen-bond acceptors (Lipinski definition) is 6. The number of nitrogens with zero attached hydrogens (tertiary/aromatic N) is 4. The second-order valence-corrected chi connectivity index (χ2v) is 9.53. The maximum atomic E-state index is 14.1. The van der Waals surface area contributed by atoms with E-state index < -0.39 is 5.97 Å². The van der Waals surface area contributed by atoms with Gasteiger partial charge in [-0.3, -0.25) is 4.79 Å². The molecular formula is C26H25FN4O3S. The van der Waals surface area contributed by atoms with Gasteiger partial charge in [0.15, 0.2) is 6.61 Å². The number of aromatic nitrogens is 2. The Morgan fingerprint density at radius 3 is 2.49 bits per heavy atom. The van der Waals surface area contributed by atoms with Gasteiger partial charge in [-0.25, -0.2) is 14.2 Å². The summed E-state index contributed by atoms with van der Waals surface area (Å²) in [6, 6.07) is 12.4. The number of carbonyl (C=O) groups is 2. The molecule has 1 fully saturated rings. The first-order valence-corrected chi connectivity index (χ1v) is 12.2. The summed E-state index contributed by atoms with van der Waals surface area (Å²) in [5, 5.41) is 0.902. The smallest absolute Gasteiger partial charge is 0.351 e. The van der Waals surface area contributed by atoms with Crippen molar-refractivity contribution in [3.8, 4) is 5.69 Å². The summed E-state index contributed by atoms with van der Waals surface area (Å²) in [7, 11) is 0. The number of hydrogen-bond donors (Lipinski definition) is 0. The molecule has 0 atom stereocenters. The van der Waals surface area contributed by atoms with E-state index in [1.54, 1.807) is 23.1 Å². The van der Waals surface area contributed by atoms with Crippen molar-refractivity contribution in [2.75, 3.05) is 37.7 Å². The normalized spacial score (nSPS) is 13.9. The molecule has 0 N–H and O–H groups in total. The third-order valence-corrected chi connectivity index (χ3v) is 7.22. The average Bonchev–Trinajstić information content (AvgIpc) is 3.51. The van der Waals surface area contributed by atoms with E-state index in [1.165, 1.54) is 17.4 Å². The molecule has 180 valence electrons. The fourth-order valence-corrected chi connectivity index (χ4v) is 5.67. The Kier molecular flexibility index (Phi) is 6.25. The van der Waals surface area contributed by atoms with Crippen molar-refractivity contribution in [1.82, 2.24) is 14.5 Å². The van der Waals surface area contributed by atoms with E-state index in [9.17, 15) is 14.0 Å². The average molecular weight is 493 g/mol. The zero-order valence-electron chi connectivity index (χ0n) is 19.5. The molecule has 0 unspecified atom stereocenters. The molecule has 0 radical (unpaired) electrons. The molecule has 7 nitrogen and oxygen atoms in total. The molecule has 3 aromatic heterocycles. The maximum Gasteiger partial charge on any atom is 0.351 e. The first kappa shape index (κ1) is 23.0. The van der Waals surface area contributed by atoms with Gasteiger partial charge in [0.25, 0.3) is 5.91 Å². The van der Waals surface area contributed by atoms with Crippen LogP contribution in [0.15, 0.2) is 54.9 Å². The molecule has 0 saturated carbocycles. The van der Waals surface area contributed by atoms with Gasteiger partial charge in [-0.15, -0.1) is 11.3 Å². The van der Waals surface area contributed by atoms with Crippen LogP contribution in [0.5, 0.6) is 0 Å². The minimum atomic E-state index is -0.549. The van der Waals surface area contributed by atoms with Crippen molar-refractivity contribution in [3.05, 3.63) is 76.8 Å². The van der Waals surface area contributed by atoms with Crippen LogP contribution in [0, 0.1) is 19.7 Å². The molecule has 1 amide bonds. The second kappa shape index (κ2) is 9.50. The topological polar surface area (TPSA) is 67.7 Å². The Balaban J connectivity index is 1.28. The number of para-hydroxylation sites is 1. The molecule has 9 heteroatoms. The van der Waals surface area contributed by atoms with E-state index in [0.717, 1.165) is 27.2 Å². The van der Waals surface area contributed by atoms with Crippen LogP contribution in [-0.2, 0) is 9.53 Å². The predicted octanol–water partition coefficient (Wildman–Crippen LogP) is 4.35. The zero-order chi connectivity index (χ0) is 24.5. The quantitative estimate of drug-likeness (QED) is 0.388. The molecule has 1 aliphatic heterocycles. The van der Waals surface area contributed by atoms with Crippen molar-refractivity contribution in [3.63, 3.8) is 0 Å². The third kappa shape index (κ3) is 4.51. The number of rotatable bonds is 5. The van der Waals surface area contributed by atoms with Gasteiger partial charge in [-0.05, 0) is 49.7 Å². The highest BCUT2D eigenvalue weighted by molar-refractivity contribution is 7.21. The standard InChI is InChI=1S/C26H25FN4O3S/c1-17-15-18(2)28-25-22(17)23(31-9-5-6-10-31)24(35-25)26(33)34-16-21(32)30-13-11-29(12-14-30)20-8-4-3-7-19(20)27/h3-10,15H,11-14,16H2,1-2H3. The van der Waals surface area contributed by atoms with E-state index in [2.05, 4.69) is 4.98 Å². The van der Waals surface area contributed by atoms with Crippen LogP contribution < -0.4 is 4.90 Å². The fourth-order valence-electron chi connectivity index (χ4n) is 4.48. The molecule has 0 aliphatic carbocycles. The van der Waals surface area contributed by atoms with E-state index >= 15 is 0 Å². The molecule has 35 heavy (non-hydrogen) atoms. The van der Waals surface area contributed by atoms with Crippen molar-refractivity contribution < 1.29 is 18.7 Å². The van der Waals surface area contributed by atoms with Gasteiger partial charge in [-0.1, -0.05) is 12.1 Å². The predicted molar refractivity (Wildman–Crippen MR) is 134 cm³/mol. The lowest BCUT2D eigenvalue weighted by Crippen LogP contribution is -2.50. The molecule has 5 rings (SSSR count). The second-order valence-electron chi connectivity index (χ2n) is 8.53. The number of aryl methyl sites for hydroxylation is 2. The molecule has 4 aromatic rings. The number of ether oxygens (including phenoxy) is 1. The van der Waals surface area contributed by atoms with E-state index in [0.29, 0.717) is 36.7 Å². The highest BCUT2D eigenvalue weighted by Gasteiger charge is 2.26. The number of pyridine rings is 1. The molecule has 0 bridgehead atoms. The highest BCUT2D eigenvalue weighted by Crippen LogP contribution is 2.36. The van der Waals surface area contributed by atoms with Gasteiger partial charge in [0, 0.05) is 49.7 Å². The van der Waals surface area contributed by atoms with Gasteiger partial charge in [-0.2, -0.15) is 0 Å².